The summed E-state index contributed by atoms with van der Waals surface area (Å²) in [5.41, 5.74) is 1.22. The fourth-order valence-corrected chi connectivity index (χ4v) is 7.62. The molecule has 0 aromatic heterocycles. The van der Waals surface area contributed by atoms with Gasteiger partial charge in [0.2, 0.25) is 0 Å². The first-order valence-electron chi connectivity index (χ1n) is 9.76. The number of carbonyl (C=O) groups is 2. The second-order valence-corrected chi connectivity index (χ2v) is 9.56. The number of rotatable bonds is 1. The highest BCUT2D eigenvalue weighted by molar-refractivity contribution is 5.92. The number of carbonyl (C=O) groups excluding carboxylic acids is 2. The van der Waals surface area contributed by atoms with Crippen LogP contribution in [0.1, 0.15) is 65.7 Å². The Balaban J connectivity index is 1.52. The molecular weight excluding hydrogens is 300 g/mol. The van der Waals surface area contributed by atoms with Crippen molar-refractivity contribution in [3.63, 3.8) is 0 Å². The van der Waals surface area contributed by atoms with Gasteiger partial charge in [0.15, 0.2) is 17.2 Å². The molecule has 1 heterocycles. The average Bonchev–Trinajstić information content (AvgIpc) is 3.21. The van der Waals surface area contributed by atoms with Crippen LogP contribution in [0.15, 0.2) is 11.6 Å². The maximum atomic E-state index is 12.4. The van der Waals surface area contributed by atoms with Crippen LogP contribution in [0, 0.1) is 28.6 Å². The standard InChI is InChI=1S/C21H28O3/c1-12(22)21-18(24-21)11-17-15-5-4-13-10-14(23)6-8-19(13,2)16(15)7-9-20(17,21)3/h10,15-18H,4-9,11H2,1-3H3/t15-,16+,17+,18-,19+,20+,21-/m1/s1. The van der Waals surface area contributed by atoms with Gasteiger partial charge in [-0.2, -0.15) is 0 Å². The smallest absolute Gasteiger partial charge is 0.164 e. The molecule has 3 heteroatoms. The Morgan fingerprint density at radius 3 is 2.71 bits per heavy atom. The van der Waals surface area contributed by atoms with Gasteiger partial charge in [0.25, 0.3) is 0 Å². The van der Waals surface area contributed by atoms with E-state index in [1.165, 1.54) is 18.4 Å². The largest absolute Gasteiger partial charge is 0.357 e. The number of allylic oxidation sites excluding steroid dienone is 1. The van der Waals surface area contributed by atoms with Crippen LogP contribution in [0.2, 0.25) is 0 Å². The highest BCUT2D eigenvalue weighted by atomic mass is 16.6. The zero-order valence-corrected chi connectivity index (χ0v) is 15.1. The molecule has 130 valence electrons. The van der Waals surface area contributed by atoms with Crippen LogP contribution in [0.4, 0.5) is 0 Å². The van der Waals surface area contributed by atoms with Gasteiger partial charge >= 0.3 is 0 Å². The molecule has 0 aromatic rings. The van der Waals surface area contributed by atoms with E-state index in [1.807, 2.05) is 6.08 Å². The zero-order chi connectivity index (χ0) is 16.9. The summed E-state index contributed by atoms with van der Waals surface area (Å²) in [6.07, 6.45) is 9.53. The van der Waals surface area contributed by atoms with Crippen LogP contribution in [0.3, 0.4) is 0 Å². The van der Waals surface area contributed by atoms with E-state index < -0.39 is 5.60 Å². The SMILES string of the molecule is CC(=O)[C@@]12O[C@@H]1C[C@H]1[C@@H]3CCC4=CC(=O)CC[C@]4(C)[C@H]3CC[C@@]12C. The van der Waals surface area contributed by atoms with Crippen molar-refractivity contribution >= 4 is 11.6 Å². The molecule has 0 radical (unpaired) electrons. The van der Waals surface area contributed by atoms with Gasteiger partial charge in [-0.25, -0.2) is 0 Å². The first-order chi connectivity index (χ1) is 11.3. The number of hydrogen-bond acceptors (Lipinski definition) is 3. The minimum absolute atomic E-state index is 0.0345. The van der Waals surface area contributed by atoms with E-state index in [-0.39, 0.29) is 22.7 Å². The van der Waals surface area contributed by atoms with Crippen molar-refractivity contribution in [1.82, 2.24) is 0 Å². The van der Waals surface area contributed by atoms with Gasteiger partial charge in [-0.1, -0.05) is 19.4 Å². The molecular formula is C21H28O3. The van der Waals surface area contributed by atoms with Gasteiger partial charge in [-0.15, -0.1) is 0 Å². The summed E-state index contributed by atoms with van der Waals surface area (Å²) in [6, 6.07) is 0. The molecule has 1 saturated heterocycles. The molecule has 0 unspecified atom stereocenters. The summed E-state index contributed by atoms with van der Waals surface area (Å²) < 4.78 is 5.99. The van der Waals surface area contributed by atoms with Gasteiger partial charge in [-0.3, -0.25) is 9.59 Å². The monoisotopic (exact) mass is 328 g/mol. The molecule has 0 N–H and O–H groups in total. The number of Topliss-reactive ketones (excluding diaryl/α,β-unsaturated/α-hetero) is 1. The summed E-state index contributed by atoms with van der Waals surface area (Å²) in [7, 11) is 0. The Kier molecular flexibility index (Phi) is 2.81. The summed E-state index contributed by atoms with van der Waals surface area (Å²) in [4.78, 5) is 24.3. The number of hydrogen-bond donors (Lipinski definition) is 0. The van der Waals surface area contributed by atoms with Crippen LogP contribution in [-0.2, 0) is 14.3 Å². The maximum Gasteiger partial charge on any atom is 0.164 e. The van der Waals surface area contributed by atoms with E-state index in [0.717, 1.165) is 25.7 Å². The zero-order valence-electron chi connectivity index (χ0n) is 15.1. The third kappa shape index (κ3) is 1.54. The van der Waals surface area contributed by atoms with Crippen molar-refractivity contribution in [2.45, 2.75) is 77.4 Å². The fraction of sp³-hybridized carbons (Fsp3) is 0.810. The highest BCUT2D eigenvalue weighted by Crippen LogP contribution is 2.73. The van der Waals surface area contributed by atoms with E-state index in [2.05, 4.69) is 13.8 Å². The minimum Gasteiger partial charge on any atom is -0.357 e. The van der Waals surface area contributed by atoms with Crippen molar-refractivity contribution in [1.29, 1.82) is 0 Å². The quantitative estimate of drug-likeness (QED) is 0.687. The molecule has 0 spiro atoms. The molecule has 0 amide bonds. The van der Waals surface area contributed by atoms with Crippen molar-refractivity contribution in [3.8, 4) is 0 Å². The lowest BCUT2D eigenvalue weighted by molar-refractivity contribution is -0.136. The molecule has 0 bridgehead atoms. The Bertz CT molecular complexity index is 679. The maximum absolute atomic E-state index is 12.4. The van der Waals surface area contributed by atoms with Gasteiger partial charge < -0.3 is 4.74 Å². The molecule has 4 fully saturated rings. The number of epoxide rings is 1. The number of ketones is 2. The van der Waals surface area contributed by atoms with Gasteiger partial charge in [-0.05, 0) is 74.7 Å². The third-order valence-corrected chi connectivity index (χ3v) is 8.92. The minimum atomic E-state index is -0.456. The second-order valence-electron chi connectivity index (χ2n) is 9.56. The van der Waals surface area contributed by atoms with Crippen LogP contribution in [-0.4, -0.2) is 23.3 Å². The van der Waals surface area contributed by atoms with Gasteiger partial charge in [0, 0.05) is 11.8 Å². The predicted octanol–water partition coefficient (Wildman–Crippen LogP) is 3.85. The van der Waals surface area contributed by atoms with Crippen LogP contribution >= 0.6 is 0 Å². The third-order valence-electron chi connectivity index (χ3n) is 8.92. The van der Waals surface area contributed by atoms with Crippen LogP contribution in [0.5, 0.6) is 0 Å². The van der Waals surface area contributed by atoms with E-state index >= 15 is 0 Å². The van der Waals surface area contributed by atoms with Crippen molar-refractivity contribution < 1.29 is 14.3 Å². The number of fused-ring (bicyclic) bond motifs is 7. The second kappa shape index (κ2) is 4.41. The summed E-state index contributed by atoms with van der Waals surface area (Å²) in [5.74, 6) is 2.58. The van der Waals surface area contributed by atoms with Crippen molar-refractivity contribution in [3.05, 3.63) is 11.6 Å². The lowest BCUT2D eigenvalue weighted by atomic mass is 9.46. The molecule has 24 heavy (non-hydrogen) atoms. The van der Waals surface area contributed by atoms with Crippen molar-refractivity contribution in [2.75, 3.05) is 0 Å². The molecule has 3 saturated carbocycles. The molecule has 5 aliphatic rings. The van der Waals surface area contributed by atoms with E-state index in [4.69, 9.17) is 4.74 Å². The normalized spacial score (nSPS) is 55.0. The molecule has 0 aromatic carbocycles. The lowest BCUT2D eigenvalue weighted by Gasteiger charge is -2.58. The molecule has 7 atom stereocenters. The summed E-state index contributed by atoms with van der Waals surface area (Å²) in [6.45, 7) is 6.48. The average molecular weight is 328 g/mol. The van der Waals surface area contributed by atoms with E-state index in [0.29, 0.717) is 30.0 Å². The predicted molar refractivity (Wildman–Crippen MR) is 90.4 cm³/mol. The summed E-state index contributed by atoms with van der Waals surface area (Å²) >= 11 is 0. The molecule has 5 rings (SSSR count). The fourth-order valence-electron chi connectivity index (χ4n) is 7.62. The first kappa shape index (κ1) is 15.3. The summed E-state index contributed by atoms with van der Waals surface area (Å²) in [5, 5.41) is 0. The topological polar surface area (TPSA) is 46.7 Å². The van der Waals surface area contributed by atoms with Crippen LogP contribution < -0.4 is 0 Å². The molecule has 4 aliphatic carbocycles. The Labute approximate surface area is 144 Å². The Hall–Kier alpha value is -0.960. The van der Waals surface area contributed by atoms with Crippen LogP contribution in [0.25, 0.3) is 0 Å². The van der Waals surface area contributed by atoms with Gasteiger partial charge in [0.05, 0.1) is 6.10 Å². The first-order valence-corrected chi connectivity index (χ1v) is 9.76. The Morgan fingerprint density at radius 2 is 1.96 bits per heavy atom. The van der Waals surface area contributed by atoms with E-state index in [1.54, 1.807) is 6.92 Å². The number of ether oxygens (including phenoxy) is 1. The molecule has 1 aliphatic heterocycles. The lowest BCUT2D eigenvalue weighted by Crippen LogP contribution is -2.54. The molecule has 3 nitrogen and oxygen atoms in total. The van der Waals surface area contributed by atoms with E-state index in [9.17, 15) is 9.59 Å². The highest BCUT2D eigenvalue weighted by Gasteiger charge is 2.79. The van der Waals surface area contributed by atoms with Crippen molar-refractivity contribution in [2.24, 2.45) is 28.6 Å². The Morgan fingerprint density at radius 1 is 1.17 bits per heavy atom. The van der Waals surface area contributed by atoms with Gasteiger partial charge in [0.1, 0.15) is 0 Å².